The van der Waals surface area contributed by atoms with Gasteiger partial charge in [0, 0.05) is 24.0 Å². The molecule has 4 heteroatoms. The fraction of sp³-hybridized carbons (Fsp3) is 0.667. The molecule has 1 aliphatic carbocycles. The van der Waals surface area contributed by atoms with Gasteiger partial charge in [-0.3, -0.25) is 0 Å². The van der Waals surface area contributed by atoms with Gasteiger partial charge in [0.25, 0.3) is 0 Å². The number of anilines is 1. The van der Waals surface area contributed by atoms with E-state index in [0.717, 1.165) is 42.9 Å². The van der Waals surface area contributed by atoms with Crippen molar-refractivity contribution in [1.82, 2.24) is 9.97 Å². The molecule has 0 amide bonds. The van der Waals surface area contributed by atoms with Crippen molar-refractivity contribution in [3.05, 3.63) is 17.5 Å². The van der Waals surface area contributed by atoms with Crippen LogP contribution in [0.2, 0.25) is 0 Å². The minimum absolute atomic E-state index is 0.388. The average molecular weight is 220 g/mol. The van der Waals surface area contributed by atoms with Crippen molar-refractivity contribution in [1.29, 1.82) is 0 Å². The van der Waals surface area contributed by atoms with Crippen molar-refractivity contribution in [3.8, 4) is 0 Å². The molecule has 0 radical (unpaired) electrons. The van der Waals surface area contributed by atoms with Gasteiger partial charge in [-0.25, -0.2) is 9.97 Å². The van der Waals surface area contributed by atoms with Crippen LogP contribution in [0.25, 0.3) is 0 Å². The molecule has 0 atom stereocenters. The number of hydrogen-bond donors (Lipinski definition) is 2. The van der Waals surface area contributed by atoms with E-state index in [1.165, 1.54) is 0 Å². The fourth-order valence-electron chi connectivity index (χ4n) is 2.04. The second kappa shape index (κ2) is 4.78. The zero-order valence-electron chi connectivity index (χ0n) is 10.0. The standard InChI is InChI=1S/C12H20N4/c1-8-7-14-12(15-9(8)2)16-11-5-3-10(13)4-6-11/h7,10-11H,3-6,13H2,1-2H3,(H,14,15,16). The Morgan fingerprint density at radius 1 is 1.25 bits per heavy atom. The van der Waals surface area contributed by atoms with Crippen molar-refractivity contribution < 1.29 is 0 Å². The van der Waals surface area contributed by atoms with Crippen LogP contribution in [-0.4, -0.2) is 22.1 Å². The first-order chi connectivity index (χ1) is 7.65. The quantitative estimate of drug-likeness (QED) is 0.797. The number of nitrogens with two attached hydrogens (primary N) is 1. The molecule has 1 aromatic heterocycles. The fourth-order valence-corrected chi connectivity index (χ4v) is 2.04. The van der Waals surface area contributed by atoms with Crippen LogP contribution in [0.3, 0.4) is 0 Å². The molecule has 0 spiro atoms. The topological polar surface area (TPSA) is 63.8 Å². The molecule has 1 saturated carbocycles. The highest BCUT2D eigenvalue weighted by Crippen LogP contribution is 2.19. The lowest BCUT2D eigenvalue weighted by molar-refractivity contribution is 0.410. The van der Waals surface area contributed by atoms with Crippen molar-refractivity contribution >= 4 is 5.95 Å². The van der Waals surface area contributed by atoms with Gasteiger partial charge in [0.15, 0.2) is 0 Å². The van der Waals surface area contributed by atoms with Gasteiger partial charge in [0.2, 0.25) is 5.95 Å². The molecule has 16 heavy (non-hydrogen) atoms. The van der Waals surface area contributed by atoms with Crippen LogP contribution in [-0.2, 0) is 0 Å². The summed E-state index contributed by atoms with van der Waals surface area (Å²) in [4.78, 5) is 8.73. The first kappa shape index (κ1) is 11.3. The van der Waals surface area contributed by atoms with E-state index in [4.69, 9.17) is 5.73 Å². The van der Waals surface area contributed by atoms with Gasteiger partial charge in [-0.15, -0.1) is 0 Å². The molecule has 1 fully saturated rings. The number of rotatable bonds is 2. The average Bonchev–Trinajstić information content (AvgIpc) is 2.27. The van der Waals surface area contributed by atoms with Gasteiger partial charge in [-0.05, 0) is 45.1 Å². The first-order valence-corrected chi connectivity index (χ1v) is 5.97. The van der Waals surface area contributed by atoms with Gasteiger partial charge in [0.05, 0.1) is 0 Å². The minimum atomic E-state index is 0.388. The second-order valence-electron chi connectivity index (χ2n) is 4.72. The van der Waals surface area contributed by atoms with Crippen molar-refractivity contribution in [3.63, 3.8) is 0 Å². The summed E-state index contributed by atoms with van der Waals surface area (Å²) >= 11 is 0. The predicted octanol–water partition coefficient (Wildman–Crippen LogP) is 1.78. The second-order valence-corrected chi connectivity index (χ2v) is 4.72. The molecule has 3 N–H and O–H groups in total. The lowest BCUT2D eigenvalue weighted by Crippen LogP contribution is -2.33. The monoisotopic (exact) mass is 220 g/mol. The largest absolute Gasteiger partial charge is 0.351 e. The van der Waals surface area contributed by atoms with Crippen molar-refractivity contribution in [2.24, 2.45) is 5.73 Å². The smallest absolute Gasteiger partial charge is 0.223 e. The lowest BCUT2D eigenvalue weighted by Gasteiger charge is -2.26. The third-order valence-electron chi connectivity index (χ3n) is 3.33. The third kappa shape index (κ3) is 2.70. The Hall–Kier alpha value is -1.16. The van der Waals surface area contributed by atoms with E-state index < -0.39 is 0 Å². The summed E-state index contributed by atoms with van der Waals surface area (Å²) in [5, 5.41) is 3.39. The third-order valence-corrected chi connectivity index (χ3v) is 3.33. The highest BCUT2D eigenvalue weighted by molar-refractivity contribution is 5.29. The van der Waals surface area contributed by atoms with Crippen LogP contribution in [0, 0.1) is 13.8 Å². The maximum absolute atomic E-state index is 5.88. The Bertz CT molecular complexity index is 356. The van der Waals surface area contributed by atoms with Crippen LogP contribution in [0.1, 0.15) is 36.9 Å². The Morgan fingerprint density at radius 3 is 2.56 bits per heavy atom. The van der Waals surface area contributed by atoms with Crippen LogP contribution < -0.4 is 11.1 Å². The molecule has 88 valence electrons. The molecule has 0 aromatic carbocycles. The summed E-state index contributed by atoms with van der Waals surface area (Å²) in [6, 6.07) is 0.876. The number of hydrogen-bond acceptors (Lipinski definition) is 4. The molecule has 4 nitrogen and oxygen atoms in total. The summed E-state index contributed by atoms with van der Waals surface area (Å²) in [6.07, 6.45) is 6.32. The van der Waals surface area contributed by atoms with Crippen molar-refractivity contribution in [2.75, 3.05) is 5.32 Å². The van der Waals surface area contributed by atoms with Gasteiger partial charge in [-0.2, -0.15) is 0 Å². The van der Waals surface area contributed by atoms with E-state index in [-0.39, 0.29) is 0 Å². The Morgan fingerprint density at radius 2 is 1.94 bits per heavy atom. The zero-order chi connectivity index (χ0) is 11.5. The van der Waals surface area contributed by atoms with Crippen LogP contribution >= 0.6 is 0 Å². The Labute approximate surface area is 96.7 Å². The molecule has 0 saturated heterocycles. The highest BCUT2D eigenvalue weighted by atomic mass is 15.1. The number of nitrogens with zero attached hydrogens (tertiary/aromatic N) is 2. The van der Waals surface area contributed by atoms with Crippen LogP contribution in [0.4, 0.5) is 5.95 Å². The Kier molecular flexibility index (Phi) is 3.39. The summed E-state index contributed by atoms with van der Waals surface area (Å²) in [5.74, 6) is 0.753. The van der Waals surface area contributed by atoms with E-state index in [0.29, 0.717) is 12.1 Å². The van der Waals surface area contributed by atoms with E-state index >= 15 is 0 Å². The molecule has 0 unspecified atom stereocenters. The molecule has 2 rings (SSSR count). The van der Waals surface area contributed by atoms with Crippen LogP contribution in [0.5, 0.6) is 0 Å². The summed E-state index contributed by atoms with van der Waals surface area (Å²) in [7, 11) is 0. The number of nitrogens with one attached hydrogen (secondary N) is 1. The van der Waals surface area contributed by atoms with Crippen molar-refractivity contribution in [2.45, 2.75) is 51.6 Å². The highest BCUT2D eigenvalue weighted by Gasteiger charge is 2.18. The van der Waals surface area contributed by atoms with E-state index in [2.05, 4.69) is 15.3 Å². The minimum Gasteiger partial charge on any atom is -0.351 e. The summed E-state index contributed by atoms with van der Waals surface area (Å²) in [6.45, 7) is 4.04. The molecular formula is C12H20N4. The van der Waals surface area contributed by atoms with E-state index in [9.17, 15) is 0 Å². The van der Waals surface area contributed by atoms with E-state index in [1.54, 1.807) is 0 Å². The van der Waals surface area contributed by atoms with Crippen LogP contribution in [0.15, 0.2) is 6.20 Å². The van der Waals surface area contributed by atoms with Gasteiger partial charge in [-0.1, -0.05) is 0 Å². The number of aromatic nitrogens is 2. The lowest BCUT2D eigenvalue weighted by atomic mass is 9.92. The number of aryl methyl sites for hydroxylation is 2. The molecular weight excluding hydrogens is 200 g/mol. The van der Waals surface area contributed by atoms with Gasteiger partial charge < -0.3 is 11.1 Å². The zero-order valence-corrected chi connectivity index (χ0v) is 10.0. The maximum atomic E-state index is 5.88. The SMILES string of the molecule is Cc1cnc(NC2CCC(N)CC2)nc1C. The maximum Gasteiger partial charge on any atom is 0.223 e. The van der Waals surface area contributed by atoms with E-state index in [1.807, 2.05) is 20.0 Å². The summed E-state index contributed by atoms with van der Waals surface area (Å²) in [5.41, 5.74) is 8.06. The predicted molar refractivity (Wildman–Crippen MR) is 65.4 cm³/mol. The molecule has 1 heterocycles. The molecule has 0 aliphatic heterocycles. The normalized spacial score (nSPS) is 25.4. The Balaban J connectivity index is 1.96. The molecule has 1 aliphatic rings. The molecule has 0 bridgehead atoms. The summed E-state index contributed by atoms with van der Waals surface area (Å²) < 4.78 is 0. The van der Waals surface area contributed by atoms with Gasteiger partial charge >= 0.3 is 0 Å². The molecule has 1 aromatic rings. The first-order valence-electron chi connectivity index (χ1n) is 5.97. The van der Waals surface area contributed by atoms with Gasteiger partial charge in [0.1, 0.15) is 0 Å².